The number of carbonyl (C=O) groups excluding carboxylic acids is 1. The molecule has 1 aliphatic rings. The zero-order chi connectivity index (χ0) is 14.1. The topological polar surface area (TPSA) is 104 Å². The van der Waals surface area contributed by atoms with Crippen LogP contribution in [0.25, 0.3) is 0 Å². The Kier molecular flexibility index (Phi) is 3.83. The molecule has 0 aromatic rings. The molecule has 0 bridgehead atoms. The van der Waals surface area contributed by atoms with Crippen molar-refractivity contribution in [2.75, 3.05) is 13.1 Å². The van der Waals surface area contributed by atoms with E-state index in [0.29, 0.717) is 0 Å². The van der Waals surface area contributed by atoms with E-state index < -0.39 is 35.5 Å². The summed E-state index contributed by atoms with van der Waals surface area (Å²) in [6, 6.07) is 0. The fourth-order valence-corrected chi connectivity index (χ4v) is 1.78. The first-order valence-electron chi connectivity index (χ1n) is 5.55. The van der Waals surface area contributed by atoms with Crippen molar-refractivity contribution in [2.45, 2.75) is 26.4 Å². The highest BCUT2D eigenvalue weighted by atomic mass is 16.6. The second kappa shape index (κ2) is 4.83. The molecule has 1 heterocycles. The zero-order valence-corrected chi connectivity index (χ0v) is 10.5. The Morgan fingerprint density at radius 2 is 1.44 bits per heavy atom. The zero-order valence-electron chi connectivity index (χ0n) is 10.5. The van der Waals surface area contributed by atoms with Crippen LogP contribution in [0.5, 0.6) is 0 Å². The number of hydrogen-bond acceptors (Lipinski definition) is 4. The summed E-state index contributed by atoms with van der Waals surface area (Å²) in [7, 11) is 0. The molecule has 1 aliphatic heterocycles. The standard InChI is InChI=1S/C11H17NO6/c1-11(2,3)18-10(17)12-4-6(8(13)14)7(5-12)9(15)16/h6-7H,4-5H2,1-3H3,(H,13,14)(H,15,16)/t6-,7-/m1/s1. The molecule has 1 rings (SSSR count). The van der Waals surface area contributed by atoms with E-state index in [1.54, 1.807) is 20.8 Å². The van der Waals surface area contributed by atoms with Crippen LogP contribution < -0.4 is 0 Å². The Morgan fingerprint density at radius 1 is 1.06 bits per heavy atom. The van der Waals surface area contributed by atoms with Crippen LogP contribution in [0, 0.1) is 11.8 Å². The Labute approximate surface area is 104 Å². The monoisotopic (exact) mass is 259 g/mol. The molecule has 102 valence electrons. The maximum Gasteiger partial charge on any atom is 0.410 e. The molecule has 0 aliphatic carbocycles. The summed E-state index contributed by atoms with van der Waals surface area (Å²) < 4.78 is 5.08. The molecule has 0 unspecified atom stereocenters. The summed E-state index contributed by atoms with van der Waals surface area (Å²) in [4.78, 5) is 34.7. The number of ether oxygens (including phenoxy) is 1. The van der Waals surface area contributed by atoms with Crippen LogP contribution in [0.2, 0.25) is 0 Å². The van der Waals surface area contributed by atoms with E-state index in [4.69, 9.17) is 14.9 Å². The highest BCUT2D eigenvalue weighted by Crippen LogP contribution is 2.25. The highest BCUT2D eigenvalue weighted by Gasteiger charge is 2.44. The molecular formula is C11H17NO6. The van der Waals surface area contributed by atoms with Crippen LogP contribution in [0.1, 0.15) is 20.8 Å². The maximum absolute atomic E-state index is 11.7. The van der Waals surface area contributed by atoms with Gasteiger partial charge < -0.3 is 19.8 Å². The average molecular weight is 259 g/mol. The largest absolute Gasteiger partial charge is 0.481 e. The number of amides is 1. The Bertz CT molecular complexity index is 350. The van der Waals surface area contributed by atoms with Crippen LogP contribution in [-0.4, -0.2) is 51.8 Å². The summed E-state index contributed by atoms with van der Waals surface area (Å²) >= 11 is 0. The van der Waals surface area contributed by atoms with Crippen molar-refractivity contribution in [3.05, 3.63) is 0 Å². The van der Waals surface area contributed by atoms with E-state index in [9.17, 15) is 14.4 Å². The second-order valence-electron chi connectivity index (χ2n) is 5.27. The van der Waals surface area contributed by atoms with Gasteiger partial charge in [0, 0.05) is 13.1 Å². The van der Waals surface area contributed by atoms with E-state index >= 15 is 0 Å². The molecule has 0 aromatic carbocycles. The number of hydrogen-bond donors (Lipinski definition) is 2. The fraction of sp³-hybridized carbons (Fsp3) is 0.727. The molecule has 1 fully saturated rings. The van der Waals surface area contributed by atoms with Crippen molar-refractivity contribution in [3.63, 3.8) is 0 Å². The van der Waals surface area contributed by atoms with E-state index in [2.05, 4.69) is 0 Å². The van der Waals surface area contributed by atoms with Gasteiger partial charge >= 0.3 is 18.0 Å². The minimum absolute atomic E-state index is 0.138. The molecule has 0 saturated carbocycles. The van der Waals surface area contributed by atoms with Crippen LogP contribution in [0.4, 0.5) is 4.79 Å². The smallest absolute Gasteiger partial charge is 0.410 e. The maximum atomic E-state index is 11.7. The third-order valence-electron chi connectivity index (χ3n) is 2.61. The first-order valence-corrected chi connectivity index (χ1v) is 5.55. The lowest BCUT2D eigenvalue weighted by atomic mass is 9.97. The van der Waals surface area contributed by atoms with Gasteiger partial charge in [0.2, 0.25) is 0 Å². The highest BCUT2D eigenvalue weighted by molar-refractivity contribution is 5.83. The number of carboxylic acids is 2. The number of carbonyl (C=O) groups is 3. The van der Waals surface area contributed by atoms with E-state index in [-0.39, 0.29) is 13.1 Å². The van der Waals surface area contributed by atoms with Gasteiger partial charge in [0.1, 0.15) is 5.60 Å². The lowest BCUT2D eigenvalue weighted by Gasteiger charge is -2.24. The van der Waals surface area contributed by atoms with E-state index in [0.717, 1.165) is 4.90 Å². The lowest BCUT2D eigenvalue weighted by molar-refractivity contribution is -0.151. The molecule has 2 atom stereocenters. The summed E-state index contributed by atoms with van der Waals surface area (Å²) in [6.45, 7) is 4.78. The number of rotatable bonds is 2. The number of nitrogens with zero attached hydrogens (tertiary/aromatic N) is 1. The quantitative estimate of drug-likeness (QED) is 0.754. The van der Waals surface area contributed by atoms with Gasteiger partial charge in [-0.1, -0.05) is 0 Å². The van der Waals surface area contributed by atoms with Gasteiger partial charge in [-0.15, -0.1) is 0 Å². The first kappa shape index (κ1) is 14.3. The van der Waals surface area contributed by atoms with Crippen molar-refractivity contribution in [2.24, 2.45) is 11.8 Å². The van der Waals surface area contributed by atoms with Gasteiger partial charge in [0.05, 0.1) is 11.8 Å². The molecule has 18 heavy (non-hydrogen) atoms. The predicted molar refractivity (Wildman–Crippen MR) is 60.1 cm³/mol. The van der Waals surface area contributed by atoms with Crippen molar-refractivity contribution >= 4 is 18.0 Å². The molecule has 1 saturated heterocycles. The lowest BCUT2D eigenvalue weighted by Crippen LogP contribution is -2.36. The van der Waals surface area contributed by atoms with Crippen molar-refractivity contribution in [1.29, 1.82) is 0 Å². The summed E-state index contributed by atoms with van der Waals surface area (Å²) in [5.74, 6) is -4.60. The molecule has 0 spiro atoms. The number of carboxylic acid groups (broad SMARTS) is 2. The number of aliphatic carboxylic acids is 2. The van der Waals surface area contributed by atoms with Crippen LogP contribution >= 0.6 is 0 Å². The van der Waals surface area contributed by atoms with Gasteiger partial charge in [-0.05, 0) is 20.8 Å². The van der Waals surface area contributed by atoms with Gasteiger partial charge in [0.25, 0.3) is 0 Å². The van der Waals surface area contributed by atoms with Crippen molar-refractivity contribution < 1.29 is 29.3 Å². The van der Waals surface area contributed by atoms with Crippen LogP contribution in [0.3, 0.4) is 0 Å². The predicted octanol–water partition coefficient (Wildman–Crippen LogP) is 0.639. The average Bonchev–Trinajstić information content (AvgIpc) is 2.58. The SMILES string of the molecule is CC(C)(C)OC(=O)N1C[C@@H](C(=O)O)[C@H](C(=O)O)C1. The fourth-order valence-electron chi connectivity index (χ4n) is 1.78. The van der Waals surface area contributed by atoms with Crippen LogP contribution in [-0.2, 0) is 14.3 Å². The summed E-state index contributed by atoms with van der Waals surface area (Å²) in [5.41, 5.74) is -0.697. The van der Waals surface area contributed by atoms with Crippen molar-refractivity contribution in [1.82, 2.24) is 4.90 Å². The van der Waals surface area contributed by atoms with Gasteiger partial charge in [0.15, 0.2) is 0 Å². The normalized spacial score (nSPS) is 23.8. The third-order valence-corrected chi connectivity index (χ3v) is 2.61. The van der Waals surface area contributed by atoms with E-state index in [1.807, 2.05) is 0 Å². The molecular weight excluding hydrogens is 242 g/mol. The molecule has 7 heteroatoms. The summed E-state index contributed by atoms with van der Waals surface area (Å²) in [5, 5.41) is 17.8. The third kappa shape index (κ3) is 3.35. The van der Waals surface area contributed by atoms with Crippen molar-refractivity contribution in [3.8, 4) is 0 Å². The Balaban J connectivity index is 2.75. The van der Waals surface area contributed by atoms with Gasteiger partial charge in [-0.2, -0.15) is 0 Å². The minimum Gasteiger partial charge on any atom is -0.481 e. The number of likely N-dealkylation sites (tertiary alicyclic amines) is 1. The second-order valence-corrected chi connectivity index (χ2v) is 5.27. The first-order chi connectivity index (χ1) is 8.11. The van der Waals surface area contributed by atoms with Gasteiger partial charge in [-0.25, -0.2) is 4.79 Å². The molecule has 7 nitrogen and oxygen atoms in total. The molecule has 0 aromatic heterocycles. The Morgan fingerprint density at radius 3 is 1.72 bits per heavy atom. The Hall–Kier alpha value is -1.79. The molecule has 0 radical (unpaired) electrons. The van der Waals surface area contributed by atoms with Crippen LogP contribution in [0.15, 0.2) is 0 Å². The minimum atomic E-state index is -1.21. The molecule has 1 amide bonds. The molecule has 2 N–H and O–H groups in total. The van der Waals surface area contributed by atoms with Gasteiger partial charge in [-0.3, -0.25) is 9.59 Å². The van der Waals surface area contributed by atoms with E-state index in [1.165, 1.54) is 0 Å². The summed E-state index contributed by atoms with van der Waals surface area (Å²) in [6.07, 6.45) is -0.683.